The van der Waals surface area contributed by atoms with E-state index in [-0.39, 0.29) is 0 Å². The first-order chi connectivity index (χ1) is 11.0. The molecule has 0 amide bonds. The van der Waals surface area contributed by atoms with Crippen molar-refractivity contribution in [2.45, 2.75) is 32.4 Å². The topological polar surface area (TPSA) is 12.5 Å². The van der Waals surface area contributed by atoms with Crippen molar-refractivity contribution in [3.8, 4) is 5.75 Å². The van der Waals surface area contributed by atoms with Crippen LogP contribution >= 0.6 is 23.2 Å². The van der Waals surface area contributed by atoms with Gasteiger partial charge in [0.2, 0.25) is 0 Å². The van der Waals surface area contributed by atoms with Crippen LogP contribution in [0.1, 0.15) is 36.5 Å². The molecule has 0 fully saturated rings. The maximum Gasteiger partial charge on any atom is 0.119 e. The molecule has 1 aliphatic rings. The van der Waals surface area contributed by atoms with E-state index in [9.17, 15) is 0 Å². The molecule has 3 rings (SSSR count). The molecule has 2 aromatic carbocycles. The van der Waals surface area contributed by atoms with Gasteiger partial charge in [0.15, 0.2) is 0 Å². The Labute approximate surface area is 148 Å². The highest BCUT2D eigenvalue weighted by Crippen LogP contribution is 2.37. The first kappa shape index (κ1) is 16.6. The van der Waals surface area contributed by atoms with Gasteiger partial charge in [-0.15, -0.1) is 0 Å². The van der Waals surface area contributed by atoms with Gasteiger partial charge in [-0.2, -0.15) is 0 Å². The van der Waals surface area contributed by atoms with E-state index in [0.717, 1.165) is 18.8 Å². The van der Waals surface area contributed by atoms with Crippen LogP contribution in [0.25, 0.3) is 0 Å². The molecule has 0 bridgehead atoms. The van der Waals surface area contributed by atoms with Crippen molar-refractivity contribution in [2.75, 3.05) is 13.7 Å². The number of hydrogen-bond donors (Lipinski definition) is 0. The van der Waals surface area contributed by atoms with Crippen LogP contribution in [0.15, 0.2) is 36.4 Å². The monoisotopic (exact) mass is 349 g/mol. The summed E-state index contributed by atoms with van der Waals surface area (Å²) in [6, 6.07) is 12.8. The summed E-state index contributed by atoms with van der Waals surface area (Å²) in [4.78, 5) is 2.48. The third kappa shape index (κ3) is 3.35. The second-order valence-electron chi connectivity index (χ2n) is 6.31. The van der Waals surface area contributed by atoms with E-state index in [0.29, 0.717) is 22.0 Å². The molecular formula is C19H21Cl2NO. The number of ether oxygens (including phenoxy) is 1. The zero-order valence-electron chi connectivity index (χ0n) is 13.6. The van der Waals surface area contributed by atoms with E-state index in [2.05, 4.69) is 36.9 Å². The Morgan fingerprint density at radius 3 is 2.52 bits per heavy atom. The lowest BCUT2D eigenvalue weighted by molar-refractivity contribution is 0.192. The maximum atomic E-state index is 6.24. The zero-order valence-corrected chi connectivity index (χ0v) is 15.2. The number of fused-ring (bicyclic) bond motifs is 1. The van der Waals surface area contributed by atoms with Gasteiger partial charge in [0, 0.05) is 25.0 Å². The van der Waals surface area contributed by atoms with Crippen LogP contribution in [0.4, 0.5) is 0 Å². The van der Waals surface area contributed by atoms with Crippen molar-refractivity contribution >= 4 is 23.2 Å². The molecule has 1 atom stereocenters. The first-order valence-corrected chi connectivity index (χ1v) is 8.61. The normalized spacial score (nSPS) is 18.1. The average molecular weight is 350 g/mol. The summed E-state index contributed by atoms with van der Waals surface area (Å²) in [5.74, 6) is 1.20. The highest BCUT2D eigenvalue weighted by Gasteiger charge is 2.28. The summed E-state index contributed by atoms with van der Waals surface area (Å²) in [7, 11) is 1.71. The minimum Gasteiger partial charge on any atom is -0.497 e. The third-order valence-corrected chi connectivity index (χ3v) is 5.33. The second-order valence-corrected chi connectivity index (χ2v) is 7.13. The average Bonchev–Trinajstić information content (AvgIpc) is 2.55. The van der Waals surface area contributed by atoms with Gasteiger partial charge in [-0.25, -0.2) is 0 Å². The van der Waals surface area contributed by atoms with Gasteiger partial charge in [0.05, 0.1) is 17.2 Å². The van der Waals surface area contributed by atoms with Gasteiger partial charge < -0.3 is 4.74 Å². The molecule has 0 saturated carbocycles. The highest BCUT2D eigenvalue weighted by atomic mass is 35.5. The molecule has 1 unspecified atom stereocenters. The number of rotatable bonds is 3. The predicted molar refractivity (Wildman–Crippen MR) is 96.8 cm³/mol. The molecule has 4 heteroatoms. The molecule has 2 aromatic rings. The lowest BCUT2D eigenvalue weighted by Gasteiger charge is -2.37. The van der Waals surface area contributed by atoms with Crippen LogP contribution in [0.2, 0.25) is 10.0 Å². The van der Waals surface area contributed by atoms with Crippen LogP contribution in [0, 0.1) is 0 Å². The first-order valence-electron chi connectivity index (χ1n) is 7.85. The summed E-state index contributed by atoms with van der Waals surface area (Å²) < 4.78 is 5.39. The van der Waals surface area contributed by atoms with Crippen molar-refractivity contribution in [3.05, 3.63) is 63.1 Å². The Morgan fingerprint density at radius 1 is 1.09 bits per heavy atom. The number of halogens is 2. The summed E-state index contributed by atoms with van der Waals surface area (Å²) in [6.07, 6.45) is 0. The van der Waals surface area contributed by atoms with E-state index in [4.69, 9.17) is 27.9 Å². The summed E-state index contributed by atoms with van der Waals surface area (Å²) >= 11 is 12.3. The van der Waals surface area contributed by atoms with E-state index in [1.54, 1.807) is 7.11 Å². The molecule has 1 heterocycles. The van der Waals surface area contributed by atoms with Crippen LogP contribution in [0.5, 0.6) is 5.75 Å². The molecule has 23 heavy (non-hydrogen) atoms. The fraction of sp³-hybridized carbons (Fsp3) is 0.368. The second kappa shape index (κ2) is 6.72. The van der Waals surface area contributed by atoms with E-state index in [1.165, 1.54) is 16.7 Å². The minimum atomic E-state index is 0.293. The number of methoxy groups -OCH3 is 1. The summed E-state index contributed by atoms with van der Waals surface area (Å²) in [5, 5.41) is 1.21. The largest absolute Gasteiger partial charge is 0.497 e. The lowest BCUT2D eigenvalue weighted by atomic mass is 9.84. The third-order valence-electron chi connectivity index (χ3n) is 4.59. The summed E-state index contributed by atoms with van der Waals surface area (Å²) in [5.41, 5.74) is 3.87. The van der Waals surface area contributed by atoms with Crippen LogP contribution in [-0.4, -0.2) is 24.6 Å². The predicted octanol–water partition coefficient (Wildman–Crippen LogP) is 5.36. The van der Waals surface area contributed by atoms with E-state index < -0.39 is 0 Å². The Balaban J connectivity index is 2.06. The fourth-order valence-electron chi connectivity index (χ4n) is 3.21. The van der Waals surface area contributed by atoms with Crippen molar-refractivity contribution in [2.24, 2.45) is 0 Å². The lowest BCUT2D eigenvalue weighted by Crippen LogP contribution is -2.38. The van der Waals surface area contributed by atoms with Gasteiger partial charge in [-0.3, -0.25) is 4.90 Å². The van der Waals surface area contributed by atoms with Crippen molar-refractivity contribution in [1.82, 2.24) is 4.90 Å². The van der Waals surface area contributed by atoms with Gasteiger partial charge in [0.1, 0.15) is 5.75 Å². The molecular weight excluding hydrogens is 329 g/mol. The van der Waals surface area contributed by atoms with E-state index >= 15 is 0 Å². The van der Waals surface area contributed by atoms with Gasteiger partial charge in [-0.1, -0.05) is 35.3 Å². The quantitative estimate of drug-likeness (QED) is 0.739. The standard InChI is InChI=1S/C19H21Cl2NO/c1-12(2)22-10-14-8-15(23-3)5-6-16(14)17(11-22)13-4-7-18(20)19(21)9-13/h4-9,12,17H,10-11H2,1-3H3. The van der Waals surface area contributed by atoms with Gasteiger partial charge in [-0.05, 0) is 54.8 Å². The Morgan fingerprint density at radius 2 is 1.87 bits per heavy atom. The molecule has 0 radical (unpaired) electrons. The van der Waals surface area contributed by atoms with Gasteiger partial charge in [0.25, 0.3) is 0 Å². The molecule has 122 valence electrons. The summed E-state index contributed by atoms with van der Waals surface area (Å²) in [6.45, 7) is 6.39. The van der Waals surface area contributed by atoms with Crippen molar-refractivity contribution < 1.29 is 4.74 Å². The van der Waals surface area contributed by atoms with Crippen molar-refractivity contribution in [3.63, 3.8) is 0 Å². The number of benzene rings is 2. The molecule has 0 N–H and O–H groups in total. The fourth-order valence-corrected chi connectivity index (χ4v) is 3.52. The zero-order chi connectivity index (χ0) is 16.6. The molecule has 0 aliphatic carbocycles. The van der Waals surface area contributed by atoms with Crippen LogP contribution in [0.3, 0.4) is 0 Å². The number of hydrogen-bond acceptors (Lipinski definition) is 2. The Hall–Kier alpha value is -1.22. The van der Waals surface area contributed by atoms with Crippen LogP contribution in [-0.2, 0) is 6.54 Å². The Kier molecular flexibility index (Phi) is 4.86. The van der Waals surface area contributed by atoms with Crippen molar-refractivity contribution in [1.29, 1.82) is 0 Å². The SMILES string of the molecule is COc1ccc2c(c1)CN(C(C)C)CC2c1ccc(Cl)c(Cl)c1. The van der Waals surface area contributed by atoms with E-state index in [1.807, 2.05) is 18.2 Å². The molecule has 1 aliphatic heterocycles. The van der Waals surface area contributed by atoms with Gasteiger partial charge >= 0.3 is 0 Å². The molecule has 0 saturated heterocycles. The minimum absolute atomic E-state index is 0.293. The Bertz CT molecular complexity index is 715. The molecule has 0 spiro atoms. The molecule has 0 aromatic heterocycles. The highest BCUT2D eigenvalue weighted by molar-refractivity contribution is 6.42. The number of nitrogens with zero attached hydrogens (tertiary/aromatic N) is 1. The smallest absolute Gasteiger partial charge is 0.119 e. The molecule has 2 nitrogen and oxygen atoms in total. The maximum absolute atomic E-state index is 6.24. The van der Waals surface area contributed by atoms with Crippen LogP contribution < -0.4 is 4.74 Å².